The first-order valence-corrected chi connectivity index (χ1v) is 8.43. The molecule has 1 saturated carbocycles. The highest BCUT2D eigenvalue weighted by molar-refractivity contribution is 6.02. The molecule has 0 spiro atoms. The molecule has 0 bridgehead atoms. The Kier molecular flexibility index (Phi) is 4.23. The zero-order valence-electron chi connectivity index (χ0n) is 13.9. The van der Waals surface area contributed by atoms with Gasteiger partial charge in [-0.3, -0.25) is 9.59 Å². The summed E-state index contributed by atoms with van der Waals surface area (Å²) in [6, 6.07) is 14.4. The first kappa shape index (κ1) is 16.1. The Bertz CT molecular complexity index is 952. The predicted molar refractivity (Wildman–Crippen MR) is 99.5 cm³/mol. The van der Waals surface area contributed by atoms with Crippen molar-refractivity contribution >= 4 is 40.4 Å². The van der Waals surface area contributed by atoms with E-state index in [1.54, 1.807) is 24.3 Å². The fraction of sp³-hybridized carbons (Fsp3) is 0.150. The van der Waals surface area contributed by atoms with Crippen LogP contribution >= 0.6 is 0 Å². The maximum atomic E-state index is 12.0. The predicted octanol–water partition coefficient (Wildman–Crippen LogP) is 3.83. The molecule has 2 N–H and O–H groups in total. The van der Waals surface area contributed by atoms with Gasteiger partial charge >= 0.3 is 0 Å². The summed E-state index contributed by atoms with van der Waals surface area (Å²) in [5.74, 6) is 0.302. The van der Waals surface area contributed by atoms with Gasteiger partial charge in [0.15, 0.2) is 5.58 Å². The summed E-state index contributed by atoms with van der Waals surface area (Å²) in [6.07, 6.45) is 4.83. The number of fused-ring (bicyclic) bond motifs is 1. The highest BCUT2D eigenvalue weighted by atomic mass is 16.3. The second-order valence-electron chi connectivity index (χ2n) is 6.18. The number of carbonyl (C=O) groups excluding carboxylic acids is 2. The van der Waals surface area contributed by atoms with E-state index in [2.05, 4.69) is 15.6 Å². The van der Waals surface area contributed by atoms with Gasteiger partial charge in [-0.25, -0.2) is 4.98 Å². The number of nitrogens with zero attached hydrogens (tertiary/aromatic N) is 1. The van der Waals surface area contributed by atoms with Gasteiger partial charge in [0.2, 0.25) is 17.7 Å². The lowest BCUT2D eigenvalue weighted by atomic mass is 10.2. The topological polar surface area (TPSA) is 84.2 Å². The number of amides is 2. The van der Waals surface area contributed by atoms with Crippen LogP contribution in [-0.4, -0.2) is 16.8 Å². The van der Waals surface area contributed by atoms with Gasteiger partial charge in [-0.15, -0.1) is 0 Å². The quantitative estimate of drug-likeness (QED) is 0.687. The zero-order valence-corrected chi connectivity index (χ0v) is 13.9. The van der Waals surface area contributed by atoms with Crippen LogP contribution in [-0.2, 0) is 9.59 Å². The third-order valence-corrected chi connectivity index (χ3v) is 4.06. The molecule has 2 amide bonds. The molecule has 1 heterocycles. The minimum absolute atomic E-state index is 0.0584. The summed E-state index contributed by atoms with van der Waals surface area (Å²) in [5.41, 5.74) is 2.79. The van der Waals surface area contributed by atoms with Crippen molar-refractivity contribution in [2.75, 3.05) is 10.6 Å². The molecule has 0 atom stereocenters. The third-order valence-electron chi connectivity index (χ3n) is 4.06. The van der Waals surface area contributed by atoms with Crippen LogP contribution in [0.4, 0.5) is 11.4 Å². The number of oxazole rings is 1. The molecule has 6 nitrogen and oxygen atoms in total. The molecule has 26 heavy (non-hydrogen) atoms. The van der Waals surface area contributed by atoms with Gasteiger partial charge in [-0.1, -0.05) is 12.1 Å². The number of hydrogen-bond acceptors (Lipinski definition) is 4. The van der Waals surface area contributed by atoms with E-state index in [0.717, 1.165) is 24.0 Å². The van der Waals surface area contributed by atoms with E-state index in [-0.39, 0.29) is 17.7 Å². The molecule has 3 aromatic rings. The Hall–Kier alpha value is -3.41. The van der Waals surface area contributed by atoms with E-state index in [4.69, 9.17) is 4.42 Å². The van der Waals surface area contributed by atoms with Gasteiger partial charge in [0.1, 0.15) is 5.52 Å². The Balaban J connectivity index is 1.35. The van der Waals surface area contributed by atoms with Crippen LogP contribution < -0.4 is 10.6 Å². The summed E-state index contributed by atoms with van der Waals surface area (Å²) in [6.45, 7) is 0. The first-order chi connectivity index (χ1) is 12.7. The van der Waals surface area contributed by atoms with Crippen molar-refractivity contribution in [2.24, 2.45) is 5.92 Å². The number of aromatic nitrogens is 1. The second kappa shape index (κ2) is 6.84. The van der Waals surface area contributed by atoms with Crippen LogP contribution in [0, 0.1) is 5.92 Å². The molecular weight excluding hydrogens is 330 g/mol. The zero-order chi connectivity index (χ0) is 17.9. The smallest absolute Gasteiger partial charge is 0.248 e. The van der Waals surface area contributed by atoms with Crippen molar-refractivity contribution in [3.05, 3.63) is 60.5 Å². The molecular formula is C20H17N3O3. The number of carbonyl (C=O) groups is 2. The molecule has 0 saturated heterocycles. The van der Waals surface area contributed by atoms with E-state index >= 15 is 0 Å². The summed E-state index contributed by atoms with van der Waals surface area (Å²) in [4.78, 5) is 28.0. The maximum absolute atomic E-state index is 12.0. The number of anilines is 2. The van der Waals surface area contributed by atoms with Crippen molar-refractivity contribution < 1.29 is 14.0 Å². The third kappa shape index (κ3) is 3.80. The highest BCUT2D eigenvalue weighted by Gasteiger charge is 2.29. The van der Waals surface area contributed by atoms with E-state index in [1.165, 1.54) is 12.2 Å². The van der Waals surface area contributed by atoms with E-state index in [9.17, 15) is 9.59 Å². The number of nitrogens with one attached hydrogen (secondary N) is 2. The molecule has 0 aliphatic heterocycles. The summed E-state index contributed by atoms with van der Waals surface area (Å²) < 4.78 is 5.53. The average molecular weight is 347 g/mol. The molecule has 6 heteroatoms. The number of hydrogen-bond donors (Lipinski definition) is 2. The lowest BCUT2D eigenvalue weighted by molar-refractivity contribution is -0.117. The van der Waals surface area contributed by atoms with Gasteiger partial charge in [-0.05, 0) is 49.2 Å². The Morgan fingerprint density at radius 2 is 1.69 bits per heavy atom. The van der Waals surface area contributed by atoms with Crippen LogP contribution in [0.2, 0.25) is 0 Å². The lowest BCUT2D eigenvalue weighted by Gasteiger charge is -2.06. The molecule has 130 valence electrons. The fourth-order valence-corrected chi connectivity index (χ4v) is 2.52. The highest BCUT2D eigenvalue weighted by Crippen LogP contribution is 2.30. The number of rotatable bonds is 5. The molecule has 1 aliphatic rings. The second-order valence-corrected chi connectivity index (χ2v) is 6.18. The van der Waals surface area contributed by atoms with Crippen molar-refractivity contribution in [3.63, 3.8) is 0 Å². The van der Waals surface area contributed by atoms with Crippen LogP contribution in [0.3, 0.4) is 0 Å². The molecule has 1 aliphatic carbocycles. The standard InChI is InChI=1S/C20H17N3O3/c24-18(11-12-19-23-16-3-1-2-4-17(16)26-19)21-14-7-9-15(10-8-14)22-20(25)13-5-6-13/h1-4,7-13H,5-6H2,(H,21,24)(H,22,25)/b12-11+. The lowest BCUT2D eigenvalue weighted by Crippen LogP contribution is -2.13. The van der Waals surface area contributed by atoms with Crippen molar-refractivity contribution in [1.29, 1.82) is 0 Å². The Morgan fingerprint density at radius 1 is 1.00 bits per heavy atom. The van der Waals surface area contributed by atoms with Crippen molar-refractivity contribution in [3.8, 4) is 0 Å². The fourth-order valence-electron chi connectivity index (χ4n) is 2.52. The van der Waals surface area contributed by atoms with Crippen molar-refractivity contribution in [1.82, 2.24) is 4.98 Å². The minimum Gasteiger partial charge on any atom is -0.437 e. The van der Waals surface area contributed by atoms with E-state index < -0.39 is 0 Å². The van der Waals surface area contributed by atoms with Gasteiger partial charge in [0.25, 0.3) is 0 Å². The van der Waals surface area contributed by atoms with Crippen molar-refractivity contribution in [2.45, 2.75) is 12.8 Å². The van der Waals surface area contributed by atoms with Gasteiger partial charge in [0.05, 0.1) is 0 Å². The largest absolute Gasteiger partial charge is 0.437 e. The molecule has 4 rings (SSSR count). The molecule has 1 fully saturated rings. The first-order valence-electron chi connectivity index (χ1n) is 8.43. The number of para-hydroxylation sites is 2. The minimum atomic E-state index is -0.290. The molecule has 0 unspecified atom stereocenters. The normalized spacial score (nSPS) is 13.8. The summed E-state index contributed by atoms with van der Waals surface area (Å²) in [7, 11) is 0. The maximum Gasteiger partial charge on any atom is 0.248 e. The van der Waals surface area contributed by atoms with Crippen LogP contribution in [0.5, 0.6) is 0 Å². The van der Waals surface area contributed by atoms with Crippen LogP contribution in [0.1, 0.15) is 18.7 Å². The Labute approximate surface area is 149 Å². The molecule has 1 aromatic heterocycles. The molecule has 0 radical (unpaired) electrons. The Morgan fingerprint density at radius 3 is 2.38 bits per heavy atom. The van der Waals surface area contributed by atoms with Crippen LogP contribution in [0.25, 0.3) is 17.2 Å². The van der Waals surface area contributed by atoms with E-state index in [0.29, 0.717) is 17.2 Å². The molecule has 2 aromatic carbocycles. The summed E-state index contributed by atoms with van der Waals surface area (Å²) in [5, 5.41) is 5.61. The SMILES string of the molecule is O=C(/C=C/c1nc2ccccc2o1)Nc1ccc(NC(=O)C2CC2)cc1. The van der Waals surface area contributed by atoms with Gasteiger partial charge in [-0.2, -0.15) is 0 Å². The van der Waals surface area contributed by atoms with Gasteiger partial charge in [0, 0.05) is 29.4 Å². The summed E-state index contributed by atoms with van der Waals surface area (Å²) >= 11 is 0. The number of benzene rings is 2. The average Bonchev–Trinajstić information content (AvgIpc) is 3.41. The van der Waals surface area contributed by atoms with E-state index in [1.807, 2.05) is 24.3 Å². The monoisotopic (exact) mass is 347 g/mol. The van der Waals surface area contributed by atoms with Gasteiger partial charge < -0.3 is 15.1 Å². The van der Waals surface area contributed by atoms with Crippen LogP contribution in [0.15, 0.2) is 59.0 Å².